The van der Waals surface area contributed by atoms with Gasteiger partial charge in [0, 0.05) is 6.42 Å². The van der Waals surface area contributed by atoms with Gasteiger partial charge in [0.2, 0.25) is 0 Å². The highest BCUT2D eigenvalue weighted by Crippen LogP contribution is 2.63. The number of rotatable bonds is 13. The van der Waals surface area contributed by atoms with Gasteiger partial charge in [0.15, 0.2) is 17.7 Å². The SMILES string of the molecule is C[C@H](N[P+](=O)OP(=O)(O)OP(=O)(O)OC[C@@H]1C[C@@H](O)[C@H](n2cnc3c(N)ncnc32)O1)C(=O)OCc1ccccc1. The number of ether oxygens (including phenoxy) is 2. The maximum Gasteiger partial charge on any atom is 0.624 e. The number of imidazole rings is 1. The van der Waals surface area contributed by atoms with Crippen LogP contribution in [0.2, 0.25) is 0 Å². The number of hydrogen-bond donors (Lipinski definition) is 5. The third-order valence-electron chi connectivity index (χ3n) is 5.51. The second kappa shape index (κ2) is 13.1. The van der Waals surface area contributed by atoms with Crippen molar-refractivity contribution in [2.75, 3.05) is 12.3 Å². The number of benzene rings is 1. The van der Waals surface area contributed by atoms with Crippen molar-refractivity contribution in [2.24, 2.45) is 0 Å². The Balaban J connectivity index is 1.24. The van der Waals surface area contributed by atoms with Crippen molar-refractivity contribution < 1.29 is 56.0 Å². The molecule has 1 aromatic carbocycles. The lowest BCUT2D eigenvalue weighted by molar-refractivity contribution is -0.146. The minimum Gasteiger partial charge on any atom is -0.460 e. The van der Waals surface area contributed by atoms with Gasteiger partial charge in [-0.15, -0.1) is 0 Å². The van der Waals surface area contributed by atoms with Gasteiger partial charge in [-0.05, 0) is 21.4 Å². The summed E-state index contributed by atoms with van der Waals surface area (Å²) in [7, 11) is -14.0. The highest BCUT2D eigenvalue weighted by atomic mass is 31.3. The maximum atomic E-state index is 12.3. The quantitative estimate of drug-likeness (QED) is 0.132. The van der Waals surface area contributed by atoms with E-state index in [0.29, 0.717) is 5.56 Å². The Hall–Kier alpha value is -2.72. The van der Waals surface area contributed by atoms with Gasteiger partial charge in [-0.3, -0.25) is 18.8 Å². The Morgan fingerprint density at radius 2 is 1.98 bits per heavy atom. The predicted molar refractivity (Wildman–Crippen MR) is 138 cm³/mol. The van der Waals surface area contributed by atoms with E-state index in [0.717, 1.165) is 0 Å². The normalized spacial score (nSPS) is 23.0. The molecule has 0 spiro atoms. The number of phosphoric acid groups is 2. The van der Waals surface area contributed by atoms with E-state index in [1.807, 2.05) is 0 Å². The van der Waals surface area contributed by atoms with Crippen LogP contribution in [-0.2, 0) is 47.7 Å². The fourth-order valence-electron chi connectivity index (χ4n) is 3.67. The van der Waals surface area contributed by atoms with Crippen LogP contribution in [0.5, 0.6) is 0 Å². The number of fused-ring (bicyclic) bond motifs is 1. The van der Waals surface area contributed by atoms with Crippen molar-refractivity contribution in [3.63, 3.8) is 0 Å². The molecule has 3 aromatic rings. The average molecular weight is 635 g/mol. The van der Waals surface area contributed by atoms with E-state index >= 15 is 0 Å². The molecule has 0 radical (unpaired) electrons. The highest BCUT2D eigenvalue weighted by molar-refractivity contribution is 7.64. The number of aliphatic hydroxyl groups excluding tert-OH is 1. The first-order valence-electron chi connectivity index (χ1n) is 11.8. The topological polar surface area (TPSA) is 257 Å². The van der Waals surface area contributed by atoms with Gasteiger partial charge in [0.05, 0.1) is 19.0 Å². The standard InChI is InChI=1S/C20H25N6O12P3/c1-12(20(28)34-8-13-5-3-2-4-6-13)25-39(29)37-41(32,33)38-40(30,31)35-9-14-7-15(27)19(36-14)26-11-24-16-17(21)22-10-23-18(16)26/h2-6,10-12,14-15,19,27H,7-9H2,1H3,(H4-,21,22,23,25,29,30,31,32,33)/p+1/t12-,14-,15+,19+/m0/s1. The van der Waals surface area contributed by atoms with Gasteiger partial charge in [-0.2, -0.15) is 4.31 Å². The zero-order valence-corrected chi connectivity index (χ0v) is 23.9. The Kier molecular flexibility index (Phi) is 9.95. The first-order valence-corrected chi connectivity index (χ1v) is 15.9. The number of nitrogens with zero attached hydrogens (tertiary/aromatic N) is 4. The summed E-state index contributed by atoms with van der Waals surface area (Å²) in [5.41, 5.74) is 7.01. The van der Waals surface area contributed by atoms with E-state index in [-0.39, 0.29) is 30.0 Å². The first kappa shape index (κ1) is 31.2. The van der Waals surface area contributed by atoms with E-state index in [1.165, 1.54) is 24.1 Å². The summed E-state index contributed by atoms with van der Waals surface area (Å²) in [6, 6.07) is 7.47. The van der Waals surface area contributed by atoms with E-state index < -0.39 is 60.9 Å². The predicted octanol–water partition coefficient (Wildman–Crippen LogP) is 1.69. The van der Waals surface area contributed by atoms with E-state index in [9.17, 15) is 33.4 Å². The summed E-state index contributed by atoms with van der Waals surface area (Å²) in [5, 5.41) is 12.5. The second-order valence-electron chi connectivity index (χ2n) is 8.63. The molecule has 2 aromatic heterocycles. The molecular formula is C20H26N6O12P3+. The Morgan fingerprint density at radius 1 is 1.24 bits per heavy atom. The molecule has 7 atom stereocenters. The summed E-state index contributed by atoms with van der Waals surface area (Å²) in [6.07, 6.45) is -0.618. The first-order chi connectivity index (χ1) is 19.3. The Labute approximate surface area is 232 Å². The van der Waals surface area contributed by atoms with Crippen LogP contribution in [0.3, 0.4) is 0 Å². The van der Waals surface area contributed by atoms with Gasteiger partial charge in [0.1, 0.15) is 30.6 Å². The summed E-state index contributed by atoms with van der Waals surface area (Å²) >= 11 is 0. The Morgan fingerprint density at radius 3 is 2.71 bits per heavy atom. The summed E-state index contributed by atoms with van der Waals surface area (Å²) < 4.78 is 61.9. The fraction of sp³-hybridized carbons (Fsp3) is 0.400. The number of phosphoric ester groups is 1. The van der Waals surface area contributed by atoms with Crippen LogP contribution >= 0.6 is 23.8 Å². The number of nitrogens with one attached hydrogen (secondary N) is 1. The van der Waals surface area contributed by atoms with Crippen molar-refractivity contribution in [2.45, 2.75) is 44.4 Å². The molecule has 1 saturated heterocycles. The van der Waals surface area contributed by atoms with Gasteiger partial charge in [-0.1, -0.05) is 35.4 Å². The molecule has 21 heteroatoms. The van der Waals surface area contributed by atoms with Crippen molar-refractivity contribution in [1.29, 1.82) is 0 Å². The van der Waals surface area contributed by atoms with Crippen LogP contribution in [0.15, 0.2) is 43.0 Å². The van der Waals surface area contributed by atoms with Gasteiger partial charge >= 0.3 is 29.8 Å². The minimum atomic E-state index is -5.44. The number of aromatic nitrogens is 4. The lowest BCUT2D eigenvalue weighted by Crippen LogP contribution is -2.31. The molecule has 1 aliphatic heterocycles. The number of anilines is 1. The average Bonchev–Trinajstić information content (AvgIpc) is 3.49. The van der Waals surface area contributed by atoms with E-state index in [2.05, 4.69) is 28.7 Å². The molecule has 41 heavy (non-hydrogen) atoms. The highest BCUT2D eigenvalue weighted by Gasteiger charge is 2.45. The molecule has 3 heterocycles. The molecule has 0 saturated carbocycles. The maximum absolute atomic E-state index is 12.3. The molecule has 222 valence electrons. The molecule has 0 amide bonds. The number of nitrogen functional groups attached to an aromatic ring is 1. The molecule has 6 N–H and O–H groups in total. The number of nitrogens with two attached hydrogens (primary N) is 1. The van der Waals surface area contributed by atoms with E-state index in [4.69, 9.17) is 19.7 Å². The monoisotopic (exact) mass is 635 g/mol. The molecule has 0 bridgehead atoms. The van der Waals surface area contributed by atoms with E-state index in [1.54, 1.807) is 30.3 Å². The molecule has 1 fully saturated rings. The van der Waals surface area contributed by atoms with Crippen LogP contribution in [0, 0.1) is 0 Å². The summed E-state index contributed by atoms with van der Waals surface area (Å²) in [6.45, 7) is 0.533. The number of esters is 1. The van der Waals surface area contributed by atoms with Crippen molar-refractivity contribution in [3.8, 4) is 0 Å². The van der Waals surface area contributed by atoms with Crippen LogP contribution in [0.4, 0.5) is 5.82 Å². The summed E-state index contributed by atoms with van der Waals surface area (Å²) in [5.74, 6) is -0.730. The fourth-order valence-corrected chi connectivity index (χ4v) is 7.01. The van der Waals surface area contributed by atoms with Crippen molar-refractivity contribution in [3.05, 3.63) is 48.5 Å². The zero-order chi connectivity index (χ0) is 29.8. The van der Waals surface area contributed by atoms with Crippen LogP contribution in [0.25, 0.3) is 11.2 Å². The minimum absolute atomic E-state index is 0.0633. The zero-order valence-electron chi connectivity index (χ0n) is 21.2. The third-order valence-corrected chi connectivity index (χ3v) is 9.65. The van der Waals surface area contributed by atoms with Crippen LogP contribution in [0.1, 0.15) is 25.1 Å². The summed E-state index contributed by atoms with van der Waals surface area (Å²) in [4.78, 5) is 43.7. The largest absolute Gasteiger partial charge is 0.624 e. The van der Waals surface area contributed by atoms with Crippen LogP contribution in [-0.4, -0.2) is 65.2 Å². The molecule has 0 aliphatic carbocycles. The smallest absolute Gasteiger partial charge is 0.460 e. The van der Waals surface area contributed by atoms with Gasteiger partial charge < -0.3 is 25.2 Å². The molecule has 1 aliphatic rings. The van der Waals surface area contributed by atoms with Crippen LogP contribution < -0.4 is 10.8 Å². The van der Waals surface area contributed by atoms with Crippen molar-refractivity contribution in [1.82, 2.24) is 24.6 Å². The Bertz CT molecular complexity index is 1490. The lowest BCUT2D eigenvalue weighted by Gasteiger charge is -2.18. The third kappa shape index (κ3) is 8.41. The molecule has 18 nitrogen and oxygen atoms in total. The van der Waals surface area contributed by atoms with Gasteiger partial charge in [-0.25, -0.2) is 24.1 Å². The molecule has 4 rings (SSSR count). The number of carbonyl (C=O) groups is 1. The number of carbonyl (C=O) groups excluding carboxylic acids is 1. The second-order valence-corrected chi connectivity index (χ2v) is 12.8. The van der Waals surface area contributed by atoms with Crippen molar-refractivity contribution >= 4 is 46.8 Å². The molecule has 3 unspecified atom stereocenters. The molecular weight excluding hydrogens is 609 g/mol. The lowest BCUT2D eigenvalue weighted by atomic mass is 10.2. The number of aliphatic hydroxyl groups is 1. The van der Waals surface area contributed by atoms with Gasteiger partial charge in [0.25, 0.3) is 0 Å². The number of hydrogen-bond acceptors (Lipinski definition) is 14.